The summed E-state index contributed by atoms with van der Waals surface area (Å²) in [4.78, 5) is 12.0. The molecular weight excluding hydrogens is 621 g/mol. The summed E-state index contributed by atoms with van der Waals surface area (Å²) < 4.78 is 12.6. The van der Waals surface area contributed by atoms with Crippen molar-refractivity contribution in [2.24, 2.45) is 7.05 Å². The molecule has 3 unspecified atom stereocenters. The van der Waals surface area contributed by atoms with Crippen LogP contribution in [0.2, 0.25) is 0 Å². The molecule has 4 aromatic rings. The van der Waals surface area contributed by atoms with E-state index in [1.807, 2.05) is 72.8 Å². The molecule has 2 N–H and O–H groups in total. The van der Waals surface area contributed by atoms with Crippen molar-refractivity contribution in [2.45, 2.75) is 47.0 Å². The quantitative estimate of drug-likeness (QED) is 0.176. The van der Waals surface area contributed by atoms with Crippen LogP contribution in [0, 0.1) is 0 Å². The molecule has 1 amide bonds. The average Bonchev–Trinajstić information content (AvgIpc) is 3.42. The van der Waals surface area contributed by atoms with Gasteiger partial charge < -0.3 is 19.9 Å². The molecule has 2 heterocycles. The number of aryl methyl sites for hydroxylation is 1. The van der Waals surface area contributed by atoms with E-state index in [0.29, 0.717) is 17.3 Å². The Balaban J connectivity index is 1.36. The Morgan fingerprint density at radius 2 is 1.76 bits per heavy atom. The molecule has 0 spiro atoms. The highest BCUT2D eigenvalue weighted by atomic mass is 35.6. The number of nitrogens with one attached hydrogen (secondary N) is 1. The maximum Gasteiger partial charge on any atom is 0.272 e. The summed E-state index contributed by atoms with van der Waals surface area (Å²) in [5, 5.41) is 24.5. The molecule has 1 saturated heterocycles. The first-order valence-corrected chi connectivity index (χ1v) is 15.2. The van der Waals surface area contributed by atoms with Crippen LogP contribution in [0.1, 0.15) is 41.1 Å². The predicted molar refractivity (Wildman–Crippen MR) is 162 cm³/mol. The van der Waals surface area contributed by atoms with E-state index in [1.165, 1.54) is 11.8 Å². The van der Waals surface area contributed by atoms with E-state index in [-0.39, 0.29) is 25.4 Å². The molecule has 0 saturated carbocycles. The first-order valence-electron chi connectivity index (χ1n) is 13.1. The lowest BCUT2D eigenvalue weighted by Gasteiger charge is -2.36. The van der Waals surface area contributed by atoms with E-state index in [9.17, 15) is 9.90 Å². The highest BCUT2D eigenvalue weighted by Gasteiger charge is 2.33. The number of nitrogens with zero attached hydrogens (tertiary/aromatic N) is 4. The van der Waals surface area contributed by atoms with Crippen molar-refractivity contribution in [3.63, 3.8) is 0 Å². The summed E-state index contributed by atoms with van der Waals surface area (Å²) >= 11 is 18.5. The van der Waals surface area contributed by atoms with Crippen LogP contribution in [0.4, 0.5) is 0 Å². The first-order chi connectivity index (χ1) is 20.2. The van der Waals surface area contributed by atoms with Crippen LogP contribution in [0.25, 0.3) is 11.1 Å². The largest absolute Gasteiger partial charge is 0.392 e. The second kappa shape index (κ2) is 13.7. The van der Waals surface area contributed by atoms with Crippen LogP contribution in [0.5, 0.6) is 0 Å². The molecule has 5 rings (SSSR count). The minimum atomic E-state index is -2.02. The number of aliphatic hydroxyl groups is 1. The van der Waals surface area contributed by atoms with Crippen LogP contribution in [0.15, 0.2) is 78.0 Å². The smallest absolute Gasteiger partial charge is 0.272 e. The predicted octanol–water partition coefficient (Wildman–Crippen LogP) is 5.69. The van der Waals surface area contributed by atoms with Crippen molar-refractivity contribution >= 4 is 52.5 Å². The Morgan fingerprint density at radius 3 is 2.45 bits per heavy atom. The van der Waals surface area contributed by atoms with Crippen molar-refractivity contribution in [3.05, 3.63) is 95.1 Å². The Kier molecular flexibility index (Phi) is 10.1. The molecule has 3 aromatic carbocycles. The van der Waals surface area contributed by atoms with Gasteiger partial charge in [0.25, 0.3) is 9.70 Å². The van der Waals surface area contributed by atoms with Crippen molar-refractivity contribution in [1.82, 2.24) is 25.5 Å². The summed E-state index contributed by atoms with van der Waals surface area (Å²) in [5.74, 6) is -0.0452. The van der Waals surface area contributed by atoms with Gasteiger partial charge in [-0.15, -0.1) is 5.10 Å². The van der Waals surface area contributed by atoms with Crippen molar-refractivity contribution in [2.75, 3.05) is 5.75 Å². The summed E-state index contributed by atoms with van der Waals surface area (Å²) in [6, 6.07) is 23.5. The second-order valence-electron chi connectivity index (χ2n) is 9.75. The van der Waals surface area contributed by atoms with Gasteiger partial charge in [-0.2, -0.15) is 0 Å². The zero-order chi connectivity index (χ0) is 29.7. The van der Waals surface area contributed by atoms with Crippen LogP contribution in [-0.4, -0.2) is 46.9 Å². The van der Waals surface area contributed by atoms with Crippen molar-refractivity contribution in [3.8, 4) is 11.1 Å². The third-order valence-corrected chi connectivity index (χ3v) is 8.38. The van der Waals surface area contributed by atoms with Crippen molar-refractivity contribution in [1.29, 1.82) is 0 Å². The number of alkyl halides is 3. The zero-order valence-electron chi connectivity index (χ0n) is 22.5. The number of ether oxygens (including phenoxy) is 2. The maximum atomic E-state index is 12.0. The van der Waals surface area contributed by atoms with Gasteiger partial charge in [-0.05, 0) is 50.4 Å². The standard InChI is InChI=1S/C29H28Cl3N5O4S/c1-37-28(34-35-36-37)42-17-24-14-25(20-10-8-18(16-38)9-11-20)41-26(40-24)23-7-3-6-22(13-23)21-5-2-4-19(12-21)15-33-27(39)29(30,31)32/h2-13,24-26,38H,14-17H2,1H3,(H,33,39). The van der Waals surface area contributed by atoms with Gasteiger partial charge in [-0.1, -0.05) is 107 Å². The highest BCUT2D eigenvalue weighted by Crippen LogP contribution is 2.40. The van der Waals surface area contributed by atoms with Crippen LogP contribution >= 0.6 is 46.6 Å². The van der Waals surface area contributed by atoms with E-state index in [1.54, 1.807) is 11.7 Å². The molecular formula is C29H28Cl3N5O4S. The Bertz CT molecular complexity index is 1520. The van der Waals surface area contributed by atoms with Gasteiger partial charge >= 0.3 is 0 Å². The molecule has 220 valence electrons. The van der Waals surface area contributed by atoms with Gasteiger partial charge in [0.2, 0.25) is 5.16 Å². The minimum absolute atomic E-state index is 0.0180. The van der Waals surface area contributed by atoms with Gasteiger partial charge in [0.15, 0.2) is 6.29 Å². The SMILES string of the molecule is Cn1nnnc1SCC1CC(c2ccc(CO)cc2)OC(c2cccc(-c3cccc(CNC(=O)C(Cl)(Cl)Cl)c3)c2)O1. The summed E-state index contributed by atoms with van der Waals surface area (Å²) in [6.45, 7) is 0.196. The zero-order valence-corrected chi connectivity index (χ0v) is 25.6. The molecule has 9 nitrogen and oxygen atoms in total. The molecule has 42 heavy (non-hydrogen) atoms. The first kappa shape index (κ1) is 30.7. The average molecular weight is 649 g/mol. The monoisotopic (exact) mass is 647 g/mol. The molecule has 0 bridgehead atoms. The number of halogens is 3. The fraction of sp³-hybridized carbons (Fsp3) is 0.310. The molecule has 13 heteroatoms. The maximum absolute atomic E-state index is 12.0. The van der Waals surface area contributed by atoms with E-state index in [4.69, 9.17) is 44.3 Å². The molecule has 1 aromatic heterocycles. The fourth-order valence-corrected chi connectivity index (χ4v) is 5.61. The van der Waals surface area contributed by atoms with Gasteiger partial charge in [-0.25, -0.2) is 4.68 Å². The molecule has 0 aliphatic carbocycles. The van der Waals surface area contributed by atoms with Gasteiger partial charge in [-0.3, -0.25) is 4.79 Å². The number of aliphatic hydroxyl groups excluding tert-OH is 1. The van der Waals surface area contributed by atoms with Crippen molar-refractivity contribution < 1.29 is 19.4 Å². The molecule has 1 aliphatic rings. The lowest BCUT2D eigenvalue weighted by atomic mass is 9.99. The molecule has 1 fully saturated rings. The van der Waals surface area contributed by atoms with Gasteiger partial charge in [0.1, 0.15) is 0 Å². The summed E-state index contributed by atoms with van der Waals surface area (Å²) in [5.41, 5.74) is 5.48. The van der Waals surface area contributed by atoms with Crippen LogP contribution in [0.3, 0.4) is 0 Å². The number of amides is 1. The number of hydrogen-bond acceptors (Lipinski definition) is 8. The Labute approximate surface area is 262 Å². The lowest BCUT2D eigenvalue weighted by Crippen LogP contribution is -2.33. The molecule has 1 aliphatic heterocycles. The Hall–Kier alpha value is -2.70. The highest BCUT2D eigenvalue weighted by molar-refractivity contribution is 7.99. The summed E-state index contributed by atoms with van der Waals surface area (Å²) in [6.07, 6.45) is -0.319. The number of hydrogen-bond donors (Lipinski definition) is 2. The number of thioether (sulfide) groups is 1. The Morgan fingerprint density at radius 1 is 1.02 bits per heavy atom. The lowest BCUT2D eigenvalue weighted by molar-refractivity contribution is -0.245. The summed E-state index contributed by atoms with van der Waals surface area (Å²) in [7, 11) is 1.80. The topological polar surface area (TPSA) is 111 Å². The van der Waals surface area contributed by atoms with Gasteiger partial charge in [0, 0.05) is 31.3 Å². The van der Waals surface area contributed by atoms with Crippen LogP contribution < -0.4 is 5.32 Å². The number of tetrazole rings is 1. The van der Waals surface area contributed by atoms with E-state index in [0.717, 1.165) is 33.4 Å². The molecule has 0 radical (unpaired) electrons. The second-order valence-corrected chi connectivity index (χ2v) is 13.0. The third kappa shape index (κ3) is 7.82. The number of carbonyl (C=O) groups excluding carboxylic acids is 1. The van der Waals surface area contributed by atoms with E-state index >= 15 is 0 Å². The number of rotatable bonds is 9. The number of benzene rings is 3. The van der Waals surface area contributed by atoms with Gasteiger partial charge in [0.05, 0.1) is 18.8 Å². The third-order valence-electron chi connectivity index (χ3n) is 6.72. The van der Waals surface area contributed by atoms with Crippen LogP contribution in [-0.2, 0) is 34.5 Å². The number of aromatic nitrogens is 4. The van der Waals surface area contributed by atoms with E-state index < -0.39 is 16.0 Å². The number of carbonyl (C=O) groups is 1. The minimum Gasteiger partial charge on any atom is -0.392 e. The normalized spacial score (nSPS) is 19.0. The fourth-order valence-electron chi connectivity index (χ4n) is 4.54. The van der Waals surface area contributed by atoms with E-state index in [2.05, 4.69) is 20.8 Å². The molecule has 3 atom stereocenters.